The molecule has 22 heavy (non-hydrogen) atoms. The molecule has 0 bridgehead atoms. The molecule has 0 saturated heterocycles. The smallest absolute Gasteiger partial charge is 0.407 e. The molecule has 0 spiro atoms. The maximum atomic E-state index is 11.8. The van der Waals surface area contributed by atoms with Crippen LogP contribution in [0, 0.1) is 12.3 Å². The molecular formula is C18H29NO3. The molecule has 124 valence electrons. The van der Waals surface area contributed by atoms with E-state index in [1.807, 2.05) is 34.6 Å². The highest BCUT2D eigenvalue weighted by Crippen LogP contribution is 2.26. The molecule has 1 aromatic rings. The highest BCUT2D eigenvalue weighted by Gasteiger charge is 2.29. The Morgan fingerprint density at radius 3 is 2.27 bits per heavy atom. The van der Waals surface area contributed by atoms with Crippen LogP contribution in [-0.4, -0.2) is 30.0 Å². The van der Waals surface area contributed by atoms with Crippen LogP contribution in [0.4, 0.5) is 4.79 Å². The number of nitrogens with one attached hydrogen (secondary N) is 1. The van der Waals surface area contributed by atoms with Crippen molar-refractivity contribution in [3.05, 3.63) is 35.4 Å². The van der Waals surface area contributed by atoms with E-state index in [-0.39, 0.29) is 12.0 Å². The third-order valence-corrected chi connectivity index (χ3v) is 3.79. The van der Waals surface area contributed by atoms with E-state index in [9.17, 15) is 9.90 Å². The average Bonchev–Trinajstić information content (AvgIpc) is 2.44. The van der Waals surface area contributed by atoms with Gasteiger partial charge < -0.3 is 15.2 Å². The number of hydrogen-bond donors (Lipinski definition) is 2. The summed E-state index contributed by atoms with van der Waals surface area (Å²) in [6.45, 7) is 9.98. The van der Waals surface area contributed by atoms with Gasteiger partial charge in [-0.3, -0.25) is 0 Å². The van der Waals surface area contributed by atoms with Crippen molar-refractivity contribution < 1.29 is 14.6 Å². The molecule has 0 aliphatic rings. The van der Waals surface area contributed by atoms with Gasteiger partial charge in [0.15, 0.2) is 0 Å². The van der Waals surface area contributed by atoms with Gasteiger partial charge in [0.1, 0.15) is 5.60 Å². The summed E-state index contributed by atoms with van der Waals surface area (Å²) in [5, 5.41) is 12.6. The maximum absolute atomic E-state index is 11.8. The number of ether oxygens (including phenoxy) is 1. The minimum atomic E-state index is -0.519. The monoisotopic (exact) mass is 307 g/mol. The highest BCUT2D eigenvalue weighted by atomic mass is 16.6. The number of aliphatic hydroxyl groups is 1. The Morgan fingerprint density at radius 2 is 1.82 bits per heavy atom. The quantitative estimate of drug-likeness (QED) is 0.846. The Morgan fingerprint density at radius 1 is 1.23 bits per heavy atom. The van der Waals surface area contributed by atoms with Gasteiger partial charge in [-0.05, 0) is 46.1 Å². The van der Waals surface area contributed by atoms with Crippen molar-refractivity contribution in [1.82, 2.24) is 5.32 Å². The van der Waals surface area contributed by atoms with Gasteiger partial charge in [0.2, 0.25) is 0 Å². The molecule has 0 heterocycles. The topological polar surface area (TPSA) is 58.6 Å². The minimum Gasteiger partial charge on any atom is -0.444 e. The number of amides is 1. The van der Waals surface area contributed by atoms with Crippen LogP contribution in [0.2, 0.25) is 0 Å². The van der Waals surface area contributed by atoms with Crippen LogP contribution in [-0.2, 0) is 11.2 Å². The van der Waals surface area contributed by atoms with Gasteiger partial charge in [0, 0.05) is 12.0 Å². The van der Waals surface area contributed by atoms with E-state index in [0.717, 1.165) is 18.4 Å². The standard InChI is InChI=1S/C18H29NO3/c1-6-18(13-20,11-15-9-7-14(2)8-10-15)12-19-16(21)22-17(3,4)5/h7-10,20H,6,11-13H2,1-5H3,(H,19,21). The zero-order chi connectivity index (χ0) is 16.8. The van der Waals surface area contributed by atoms with Crippen molar-refractivity contribution in [2.45, 2.75) is 53.1 Å². The molecule has 4 nitrogen and oxygen atoms in total. The predicted octanol–water partition coefficient (Wildman–Crippen LogP) is 3.45. The van der Waals surface area contributed by atoms with Gasteiger partial charge in [-0.25, -0.2) is 4.79 Å². The molecule has 1 atom stereocenters. The van der Waals surface area contributed by atoms with Crippen molar-refractivity contribution in [3.8, 4) is 0 Å². The Kier molecular flexibility index (Phi) is 6.42. The van der Waals surface area contributed by atoms with Crippen LogP contribution < -0.4 is 5.32 Å². The third-order valence-electron chi connectivity index (χ3n) is 3.79. The molecule has 0 fully saturated rings. The third kappa shape index (κ3) is 6.06. The van der Waals surface area contributed by atoms with Crippen molar-refractivity contribution in [3.63, 3.8) is 0 Å². The molecule has 0 aliphatic heterocycles. The number of alkyl carbamates (subject to hydrolysis) is 1. The molecule has 4 heteroatoms. The van der Waals surface area contributed by atoms with Crippen LogP contribution in [0.3, 0.4) is 0 Å². The lowest BCUT2D eigenvalue weighted by molar-refractivity contribution is 0.0461. The van der Waals surface area contributed by atoms with Crippen LogP contribution in [0.15, 0.2) is 24.3 Å². The number of rotatable bonds is 6. The lowest BCUT2D eigenvalue weighted by Crippen LogP contribution is -2.43. The summed E-state index contributed by atoms with van der Waals surface area (Å²) in [4.78, 5) is 11.8. The summed E-state index contributed by atoms with van der Waals surface area (Å²) in [5.74, 6) is 0. The van der Waals surface area contributed by atoms with Gasteiger partial charge >= 0.3 is 6.09 Å². The molecule has 1 unspecified atom stereocenters. The van der Waals surface area contributed by atoms with Gasteiger partial charge in [-0.15, -0.1) is 0 Å². The molecule has 0 aromatic heterocycles. The number of aryl methyl sites for hydroxylation is 1. The summed E-state index contributed by atoms with van der Waals surface area (Å²) >= 11 is 0. The Hall–Kier alpha value is -1.55. The Bertz CT molecular complexity index is 470. The van der Waals surface area contributed by atoms with E-state index >= 15 is 0 Å². The van der Waals surface area contributed by atoms with Crippen LogP contribution in [0.25, 0.3) is 0 Å². The molecule has 1 amide bonds. The fourth-order valence-corrected chi connectivity index (χ4v) is 2.25. The van der Waals surface area contributed by atoms with E-state index in [2.05, 4.69) is 29.6 Å². The first-order valence-corrected chi connectivity index (χ1v) is 7.83. The normalized spacial score (nSPS) is 14.3. The van der Waals surface area contributed by atoms with E-state index in [4.69, 9.17) is 4.74 Å². The molecule has 2 N–H and O–H groups in total. The van der Waals surface area contributed by atoms with E-state index < -0.39 is 11.7 Å². The second-order valence-corrected chi connectivity index (χ2v) is 7.03. The second-order valence-electron chi connectivity index (χ2n) is 7.03. The number of carbonyl (C=O) groups is 1. The number of aliphatic hydroxyl groups excluding tert-OH is 1. The SMILES string of the molecule is CCC(CO)(CNC(=O)OC(C)(C)C)Cc1ccc(C)cc1. The molecule has 0 saturated carbocycles. The first kappa shape index (κ1) is 18.5. The van der Waals surface area contributed by atoms with E-state index in [0.29, 0.717) is 6.54 Å². The van der Waals surface area contributed by atoms with Crippen molar-refractivity contribution in [1.29, 1.82) is 0 Å². The van der Waals surface area contributed by atoms with Crippen LogP contribution in [0.5, 0.6) is 0 Å². The van der Waals surface area contributed by atoms with Crippen LogP contribution in [0.1, 0.15) is 45.2 Å². The van der Waals surface area contributed by atoms with Gasteiger partial charge in [-0.1, -0.05) is 36.8 Å². The molecule has 1 rings (SSSR count). The van der Waals surface area contributed by atoms with E-state index in [1.165, 1.54) is 5.56 Å². The zero-order valence-electron chi connectivity index (χ0n) is 14.4. The van der Waals surface area contributed by atoms with Crippen molar-refractivity contribution >= 4 is 6.09 Å². The molecular weight excluding hydrogens is 278 g/mol. The molecule has 1 aromatic carbocycles. The summed E-state index contributed by atoms with van der Waals surface area (Å²) in [7, 11) is 0. The first-order chi connectivity index (χ1) is 10.2. The highest BCUT2D eigenvalue weighted by molar-refractivity contribution is 5.67. The lowest BCUT2D eigenvalue weighted by Gasteiger charge is -2.31. The number of hydrogen-bond acceptors (Lipinski definition) is 3. The van der Waals surface area contributed by atoms with Gasteiger partial charge in [0.25, 0.3) is 0 Å². The average molecular weight is 307 g/mol. The zero-order valence-corrected chi connectivity index (χ0v) is 14.4. The Labute approximate surface area is 133 Å². The molecule has 0 aliphatic carbocycles. The summed E-state index contributed by atoms with van der Waals surface area (Å²) in [6.07, 6.45) is 1.05. The van der Waals surface area contributed by atoms with Crippen LogP contribution >= 0.6 is 0 Å². The summed E-state index contributed by atoms with van der Waals surface area (Å²) in [6, 6.07) is 8.27. The fraction of sp³-hybridized carbons (Fsp3) is 0.611. The second kappa shape index (κ2) is 7.63. The molecule has 0 radical (unpaired) electrons. The summed E-state index contributed by atoms with van der Waals surface area (Å²) in [5.41, 5.74) is 1.48. The van der Waals surface area contributed by atoms with Crippen molar-refractivity contribution in [2.24, 2.45) is 5.41 Å². The number of carbonyl (C=O) groups excluding carboxylic acids is 1. The Balaban J connectivity index is 2.70. The lowest BCUT2D eigenvalue weighted by atomic mass is 9.79. The predicted molar refractivity (Wildman–Crippen MR) is 88.9 cm³/mol. The fourth-order valence-electron chi connectivity index (χ4n) is 2.25. The van der Waals surface area contributed by atoms with Gasteiger partial charge in [0.05, 0.1) is 6.61 Å². The van der Waals surface area contributed by atoms with Gasteiger partial charge in [-0.2, -0.15) is 0 Å². The van der Waals surface area contributed by atoms with Crippen molar-refractivity contribution in [2.75, 3.05) is 13.2 Å². The summed E-state index contributed by atoms with van der Waals surface area (Å²) < 4.78 is 5.26. The minimum absolute atomic E-state index is 0.0210. The largest absolute Gasteiger partial charge is 0.444 e. The number of benzene rings is 1. The van der Waals surface area contributed by atoms with E-state index in [1.54, 1.807) is 0 Å². The first-order valence-electron chi connectivity index (χ1n) is 7.83. The maximum Gasteiger partial charge on any atom is 0.407 e.